The minimum absolute atomic E-state index is 0. The van der Waals surface area contributed by atoms with Gasteiger partial charge in [0, 0.05) is 0 Å². The Labute approximate surface area is 142 Å². The molecule has 0 bridgehead atoms. The van der Waals surface area contributed by atoms with Crippen LogP contribution in [0.2, 0.25) is 0 Å². The van der Waals surface area contributed by atoms with E-state index in [1.54, 1.807) is 0 Å². The summed E-state index contributed by atoms with van der Waals surface area (Å²) in [5, 5.41) is 0. The van der Waals surface area contributed by atoms with E-state index in [-0.39, 0.29) is 89.9 Å². The molecule has 0 aliphatic carbocycles. The molecule has 0 radical (unpaired) electrons. The molecule has 0 aliphatic rings. The summed E-state index contributed by atoms with van der Waals surface area (Å²) in [5.41, 5.74) is 0. The monoisotopic (exact) mass is 277 g/mol. The Hall–Kier alpha value is 2.58. The molecule has 8 N–H and O–H groups in total. The van der Waals surface area contributed by atoms with Crippen molar-refractivity contribution in [2.24, 2.45) is 0 Å². The molecule has 0 saturated heterocycles. The predicted octanol–water partition coefficient (Wildman–Crippen LogP) is -7.19. The van der Waals surface area contributed by atoms with Gasteiger partial charge in [0.2, 0.25) is 0 Å². The first-order chi connectivity index (χ1) is 4.00. The fourth-order valence-corrected chi connectivity index (χ4v) is 0. The van der Waals surface area contributed by atoms with E-state index in [9.17, 15) is 0 Å². The zero-order valence-corrected chi connectivity index (χ0v) is 13.9. The maximum absolute atomic E-state index is 8.88. The summed E-state index contributed by atoms with van der Waals surface area (Å²) in [6.07, 6.45) is 0. The quantitative estimate of drug-likeness (QED) is 0.142. The van der Waals surface area contributed by atoms with Crippen LogP contribution in [0.1, 0.15) is 2.85 Å². The molecule has 0 heterocycles. The van der Waals surface area contributed by atoms with Crippen molar-refractivity contribution >= 4 is 18.2 Å². The molecule has 76 valence electrons. The van der Waals surface area contributed by atoms with Gasteiger partial charge in [-0.3, -0.25) is 9.11 Å². The summed E-state index contributed by atoms with van der Waals surface area (Å²) < 4.78 is 40.5. The molecule has 9 nitrogen and oxygen atoms in total. The van der Waals surface area contributed by atoms with Crippen molar-refractivity contribution in [1.82, 2.24) is 6.15 Å². The van der Waals surface area contributed by atoms with Crippen LogP contribution in [0.15, 0.2) is 0 Å². The molecule has 0 atom stereocenters. The van der Waals surface area contributed by atoms with Crippen LogP contribution in [-0.4, -0.2) is 32.2 Å². The minimum atomic E-state index is -4.67. The van der Waals surface area contributed by atoms with Gasteiger partial charge in [0.25, 0.3) is 0 Å². The van der Waals surface area contributed by atoms with E-state index < -0.39 is 18.2 Å². The average Bonchev–Trinajstić information content (AvgIpc) is 1.12. The molecule has 13 heavy (non-hydrogen) atoms. The van der Waals surface area contributed by atoms with Gasteiger partial charge in [-0.15, -0.1) is 0 Å². The molecule has 0 aromatic carbocycles. The summed E-state index contributed by atoms with van der Waals surface area (Å²) in [4.78, 5) is 21.6. The van der Waals surface area contributed by atoms with Gasteiger partial charge in [0.1, 0.15) is 0 Å². The van der Waals surface area contributed by atoms with Crippen molar-refractivity contribution in [1.29, 1.82) is 0 Å². The Morgan fingerprint density at radius 3 is 1.08 bits per heavy atom. The molecule has 0 fully saturated rings. The molecular formula is H10KNNaO8PS. The van der Waals surface area contributed by atoms with Gasteiger partial charge in [0.05, 0.1) is 0 Å². The van der Waals surface area contributed by atoms with Gasteiger partial charge in [-0.25, -0.2) is 4.57 Å². The second-order valence-electron chi connectivity index (χ2n) is 0.961. The fourth-order valence-electron chi connectivity index (χ4n) is 0. The Morgan fingerprint density at radius 2 is 1.08 bits per heavy atom. The third kappa shape index (κ3) is 347. The number of hydrogen-bond acceptors (Lipinski definition) is 4. The Balaban J connectivity index is -0.0000000128. The topological polar surface area (TPSA) is 187 Å². The van der Waals surface area contributed by atoms with Gasteiger partial charge in [-0.2, -0.15) is 8.42 Å². The fraction of sp³-hybridized carbons (Fsp3) is 0. The van der Waals surface area contributed by atoms with Crippen molar-refractivity contribution in [3.63, 3.8) is 0 Å². The van der Waals surface area contributed by atoms with E-state index in [0.717, 1.165) is 0 Å². The zero-order valence-electron chi connectivity index (χ0n) is 9.02. The smallest absolute Gasteiger partial charge is 1.00 e. The van der Waals surface area contributed by atoms with Gasteiger partial charge in [-0.1, -0.05) is 0 Å². The van der Waals surface area contributed by atoms with Gasteiger partial charge >= 0.3 is 99.2 Å². The first kappa shape index (κ1) is 29.6. The molecule has 0 saturated carbocycles. The summed E-state index contributed by atoms with van der Waals surface area (Å²) in [6, 6.07) is 0. The van der Waals surface area contributed by atoms with Crippen LogP contribution in [0.25, 0.3) is 0 Å². The van der Waals surface area contributed by atoms with E-state index in [4.69, 9.17) is 36.8 Å². The molecular weight excluding hydrogens is 267 g/mol. The largest absolute Gasteiger partial charge is 1.00 e. The zero-order chi connectivity index (χ0) is 9.00. The average molecular weight is 277 g/mol. The van der Waals surface area contributed by atoms with Crippen molar-refractivity contribution in [3.05, 3.63) is 0 Å². The van der Waals surface area contributed by atoms with Gasteiger partial charge in [0.15, 0.2) is 0 Å². The molecule has 0 unspecified atom stereocenters. The van der Waals surface area contributed by atoms with Crippen molar-refractivity contribution < 1.29 is 121 Å². The van der Waals surface area contributed by atoms with E-state index >= 15 is 0 Å². The maximum Gasteiger partial charge on any atom is 1.00 e. The number of hydrogen-bond donors (Lipinski definition) is 6. The van der Waals surface area contributed by atoms with Gasteiger partial charge in [-0.05, 0) is 0 Å². The van der Waals surface area contributed by atoms with E-state index in [2.05, 4.69) is 0 Å². The molecule has 0 aromatic heterocycles. The van der Waals surface area contributed by atoms with Crippen LogP contribution in [0.3, 0.4) is 0 Å². The predicted molar refractivity (Wildman–Crippen MR) is 35.7 cm³/mol. The van der Waals surface area contributed by atoms with Gasteiger partial charge < -0.3 is 23.7 Å². The summed E-state index contributed by atoms with van der Waals surface area (Å²) in [6.45, 7) is 0. The molecule has 0 spiro atoms. The number of rotatable bonds is 0. The number of phosphoric acid groups is 1. The standard InChI is InChI=1S/K.H3N.Na.H3O4P.H2O4S.2H/c;;;2*1-5(2,3)4;;/h;1H3;;(H3,1,2,3,4);(H2,1,2,3,4);;/q+1;;+1;;;2*-1. The Bertz CT molecular complexity index is 211. The van der Waals surface area contributed by atoms with Crippen LogP contribution in [0, 0.1) is 0 Å². The first-order valence-corrected chi connectivity index (χ1v) is 4.44. The second-order valence-corrected chi connectivity index (χ2v) is 2.88. The molecule has 13 heteroatoms. The molecule has 0 rings (SSSR count). The van der Waals surface area contributed by atoms with Crippen LogP contribution in [0.5, 0.6) is 0 Å². The van der Waals surface area contributed by atoms with Crippen molar-refractivity contribution in [3.8, 4) is 0 Å². The molecule has 0 amide bonds. The van der Waals surface area contributed by atoms with Crippen LogP contribution in [0.4, 0.5) is 0 Å². The van der Waals surface area contributed by atoms with Crippen molar-refractivity contribution in [2.45, 2.75) is 0 Å². The van der Waals surface area contributed by atoms with E-state index in [0.29, 0.717) is 0 Å². The first-order valence-electron chi connectivity index (χ1n) is 1.48. The van der Waals surface area contributed by atoms with E-state index in [1.165, 1.54) is 0 Å². The SMILES string of the molecule is N.O=P(O)(O)O.O=S(=O)(O)O.[H-].[H-].[K+].[Na+]. The second kappa shape index (κ2) is 12.6. The van der Waals surface area contributed by atoms with E-state index in [1.807, 2.05) is 0 Å². The van der Waals surface area contributed by atoms with Crippen LogP contribution >= 0.6 is 7.82 Å². The summed E-state index contributed by atoms with van der Waals surface area (Å²) in [5.74, 6) is 0. The van der Waals surface area contributed by atoms with Crippen molar-refractivity contribution in [2.75, 3.05) is 0 Å². The normalized spacial score (nSPS) is 9.00. The molecule has 0 aromatic rings. The molecule has 0 aliphatic heterocycles. The summed E-state index contributed by atoms with van der Waals surface area (Å²) >= 11 is 0. The Morgan fingerprint density at radius 1 is 1.08 bits per heavy atom. The Kier molecular flexibility index (Phi) is 28.8. The third-order valence-corrected chi connectivity index (χ3v) is 0. The maximum atomic E-state index is 8.88. The summed E-state index contributed by atoms with van der Waals surface area (Å²) in [7, 11) is -9.31. The van der Waals surface area contributed by atoms with Crippen LogP contribution < -0.4 is 87.1 Å². The van der Waals surface area contributed by atoms with Crippen LogP contribution in [-0.2, 0) is 15.0 Å². The minimum Gasteiger partial charge on any atom is -1.00 e. The third-order valence-electron chi connectivity index (χ3n) is 0.